The van der Waals surface area contributed by atoms with Crippen LogP contribution >= 0.6 is 0 Å². The molecular weight excluding hydrogens is 546 g/mol. The van der Waals surface area contributed by atoms with E-state index in [0.29, 0.717) is 12.8 Å². The maximum atomic E-state index is 13.0. The average molecular weight is 566 g/mol. The van der Waals surface area contributed by atoms with Gasteiger partial charge in [0.25, 0.3) is 0 Å². The third-order valence-corrected chi connectivity index (χ3v) is 4.47. The summed E-state index contributed by atoms with van der Waals surface area (Å²) in [6.45, 7) is -4.98. The lowest BCUT2D eigenvalue weighted by molar-refractivity contribution is -0.360. The minimum Gasteiger partial charge on any atom is -0.459 e. The van der Waals surface area contributed by atoms with Gasteiger partial charge in [-0.15, -0.1) is 0 Å². The molecule has 0 rings (SSSR count). The molecule has 0 aromatic heterocycles. The third kappa shape index (κ3) is 9.44. The normalized spacial score (nSPS) is 14.1. The van der Waals surface area contributed by atoms with Crippen LogP contribution < -0.4 is 0 Å². The number of unbranched alkanes of at least 4 members (excludes halogenated alkanes) is 5. The lowest BCUT2D eigenvalue weighted by Gasteiger charge is -2.27. The fraction of sp³-hybridized carbons (Fsp3) is 0.889. The van der Waals surface area contributed by atoms with Crippen LogP contribution in [0.2, 0.25) is 0 Å². The molecular formula is C18H20F14O4. The van der Waals surface area contributed by atoms with E-state index >= 15 is 0 Å². The summed E-state index contributed by atoms with van der Waals surface area (Å²) < 4.78 is 182. The van der Waals surface area contributed by atoms with Crippen LogP contribution in [0.5, 0.6) is 0 Å². The van der Waals surface area contributed by atoms with Gasteiger partial charge in [0, 0.05) is 12.8 Å². The Morgan fingerprint density at radius 1 is 0.444 bits per heavy atom. The lowest BCUT2D eigenvalue weighted by atomic mass is 10.1. The van der Waals surface area contributed by atoms with Crippen LogP contribution in [0.1, 0.15) is 51.4 Å². The Balaban J connectivity index is 4.07. The van der Waals surface area contributed by atoms with E-state index in [0.717, 1.165) is 0 Å². The number of ether oxygens (including phenoxy) is 2. The Bertz CT molecular complexity index is 656. The summed E-state index contributed by atoms with van der Waals surface area (Å²) in [5.41, 5.74) is 0. The van der Waals surface area contributed by atoms with Crippen molar-refractivity contribution in [3.8, 4) is 0 Å². The number of hydrogen-bond donors (Lipinski definition) is 0. The van der Waals surface area contributed by atoms with Crippen molar-refractivity contribution in [2.45, 2.75) is 87.4 Å². The first-order chi connectivity index (χ1) is 16.0. The van der Waals surface area contributed by atoms with Gasteiger partial charge in [-0.3, -0.25) is 9.59 Å². The second kappa shape index (κ2) is 12.5. The van der Waals surface area contributed by atoms with Gasteiger partial charge in [-0.05, 0) is 12.8 Å². The molecule has 4 nitrogen and oxygen atoms in total. The van der Waals surface area contributed by atoms with E-state index in [2.05, 4.69) is 9.47 Å². The molecule has 0 aliphatic carbocycles. The van der Waals surface area contributed by atoms with Gasteiger partial charge >= 0.3 is 48.0 Å². The van der Waals surface area contributed by atoms with Gasteiger partial charge in [0.2, 0.25) is 0 Å². The number of carbonyl (C=O) groups excluding carboxylic acids is 2. The first kappa shape index (κ1) is 34.0. The quantitative estimate of drug-likeness (QED) is 0.124. The smallest absolute Gasteiger partial charge is 0.459 e. The summed E-state index contributed by atoms with van der Waals surface area (Å²) in [7, 11) is 0. The topological polar surface area (TPSA) is 52.6 Å². The molecule has 0 aromatic rings. The van der Waals surface area contributed by atoms with Crippen LogP contribution in [0.3, 0.4) is 0 Å². The van der Waals surface area contributed by atoms with E-state index in [4.69, 9.17) is 0 Å². The molecule has 0 radical (unpaired) electrons. The molecule has 0 fully saturated rings. The van der Waals surface area contributed by atoms with Gasteiger partial charge in [-0.1, -0.05) is 25.7 Å². The summed E-state index contributed by atoms with van der Waals surface area (Å²) in [4.78, 5) is 22.5. The lowest BCUT2D eigenvalue weighted by Crippen LogP contribution is -2.54. The number of carbonyl (C=O) groups is 2. The Morgan fingerprint density at radius 3 is 0.944 bits per heavy atom. The zero-order chi connectivity index (χ0) is 28.6. The van der Waals surface area contributed by atoms with Gasteiger partial charge in [0.15, 0.2) is 13.2 Å². The summed E-state index contributed by atoms with van der Waals surface area (Å²) in [6.07, 6.45) is -13.3. The van der Waals surface area contributed by atoms with Gasteiger partial charge in [0.05, 0.1) is 0 Å². The third-order valence-electron chi connectivity index (χ3n) is 4.47. The molecule has 214 valence electrons. The minimum absolute atomic E-state index is 0.0371. The van der Waals surface area contributed by atoms with Crippen LogP contribution in [0.4, 0.5) is 61.5 Å². The number of hydrogen-bond acceptors (Lipinski definition) is 4. The van der Waals surface area contributed by atoms with E-state index in [1.807, 2.05) is 0 Å². The molecule has 36 heavy (non-hydrogen) atoms. The molecule has 0 unspecified atom stereocenters. The molecule has 0 bridgehead atoms. The van der Waals surface area contributed by atoms with Crippen molar-refractivity contribution in [2.75, 3.05) is 13.2 Å². The molecule has 0 heterocycles. The van der Waals surface area contributed by atoms with E-state index < -0.39 is 74.0 Å². The molecule has 0 spiro atoms. The van der Waals surface area contributed by atoms with Crippen molar-refractivity contribution in [3.63, 3.8) is 0 Å². The fourth-order valence-electron chi connectivity index (χ4n) is 2.33. The maximum Gasteiger partial charge on any atom is 0.460 e. The molecule has 0 saturated heterocycles. The van der Waals surface area contributed by atoms with Crippen LogP contribution in [-0.4, -0.2) is 61.2 Å². The fourth-order valence-corrected chi connectivity index (χ4v) is 2.33. The van der Waals surface area contributed by atoms with Gasteiger partial charge < -0.3 is 9.47 Å². The van der Waals surface area contributed by atoms with E-state index in [1.54, 1.807) is 0 Å². The standard InChI is InChI=1S/C18H20F14O4/c19-13(20,15(23,24)17(27,28)29)9-35-11(33)7-5-3-1-2-4-6-8-12(34)36-10-14(21,22)16(25,26)18(30,31)32/h1-10H2. The van der Waals surface area contributed by atoms with Crippen molar-refractivity contribution in [1.29, 1.82) is 0 Å². The second-order valence-corrected chi connectivity index (χ2v) is 7.50. The van der Waals surface area contributed by atoms with Crippen molar-refractivity contribution in [1.82, 2.24) is 0 Å². The zero-order valence-corrected chi connectivity index (χ0v) is 18.0. The zero-order valence-electron chi connectivity index (χ0n) is 18.0. The van der Waals surface area contributed by atoms with Gasteiger partial charge in [-0.25, -0.2) is 0 Å². The summed E-state index contributed by atoms with van der Waals surface area (Å²) >= 11 is 0. The maximum absolute atomic E-state index is 13.0. The van der Waals surface area contributed by atoms with E-state index in [-0.39, 0.29) is 25.7 Å². The van der Waals surface area contributed by atoms with Crippen molar-refractivity contribution in [2.24, 2.45) is 0 Å². The number of halogens is 14. The summed E-state index contributed by atoms with van der Waals surface area (Å²) in [5, 5.41) is 0. The Morgan fingerprint density at radius 2 is 0.694 bits per heavy atom. The molecule has 0 aromatic carbocycles. The van der Waals surface area contributed by atoms with Crippen LogP contribution in [0, 0.1) is 0 Å². The van der Waals surface area contributed by atoms with Crippen LogP contribution in [0.15, 0.2) is 0 Å². The first-order valence-corrected chi connectivity index (χ1v) is 9.95. The largest absolute Gasteiger partial charge is 0.460 e. The minimum atomic E-state index is -6.56. The second-order valence-electron chi connectivity index (χ2n) is 7.50. The molecule has 0 aliphatic rings. The molecule has 0 atom stereocenters. The summed E-state index contributed by atoms with van der Waals surface area (Å²) in [6, 6.07) is 0. The predicted octanol–water partition coefficient (Wildman–Crippen LogP) is 6.86. The Kier molecular flexibility index (Phi) is 11.8. The highest BCUT2D eigenvalue weighted by Gasteiger charge is 2.74. The van der Waals surface area contributed by atoms with Gasteiger partial charge in [-0.2, -0.15) is 61.5 Å². The van der Waals surface area contributed by atoms with Crippen LogP contribution in [0.25, 0.3) is 0 Å². The Labute approximate surface area is 194 Å². The molecule has 18 heteroatoms. The highest BCUT2D eigenvalue weighted by Crippen LogP contribution is 2.47. The summed E-state index contributed by atoms with van der Waals surface area (Å²) in [5.74, 6) is -27.1. The van der Waals surface area contributed by atoms with Gasteiger partial charge in [0.1, 0.15) is 0 Å². The van der Waals surface area contributed by atoms with E-state index in [1.165, 1.54) is 0 Å². The van der Waals surface area contributed by atoms with Crippen molar-refractivity contribution in [3.05, 3.63) is 0 Å². The molecule has 0 aliphatic heterocycles. The highest BCUT2D eigenvalue weighted by molar-refractivity contribution is 5.69. The Hall–Kier alpha value is -2.04. The number of rotatable bonds is 15. The van der Waals surface area contributed by atoms with Crippen molar-refractivity contribution >= 4 is 11.9 Å². The number of alkyl halides is 14. The SMILES string of the molecule is O=C(CCCCCCCCC(=O)OCC(F)(F)C(F)(F)C(F)(F)F)OCC(F)(F)C(F)(F)C(F)(F)F. The average Bonchev–Trinajstić information content (AvgIpc) is 2.70. The van der Waals surface area contributed by atoms with Crippen molar-refractivity contribution < 1.29 is 80.5 Å². The molecule has 0 saturated carbocycles. The molecule has 0 N–H and O–H groups in total. The van der Waals surface area contributed by atoms with E-state index in [9.17, 15) is 71.1 Å². The number of esters is 2. The highest BCUT2D eigenvalue weighted by atomic mass is 19.4. The monoisotopic (exact) mass is 566 g/mol. The van der Waals surface area contributed by atoms with Crippen LogP contribution in [-0.2, 0) is 19.1 Å². The predicted molar refractivity (Wildman–Crippen MR) is 90.8 cm³/mol. The first-order valence-electron chi connectivity index (χ1n) is 9.95. The molecule has 0 amide bonds.